The largest absolute Gasteiger partial charge is 0.300 e. The fourth-order valence-corrected chi connectivity index (χ4v) is 2.97. The van der Waals surface area contributed by atoms with Gasteiger partial charge in [0.25, 0.3) is 5.91 Å². The molecule has 0 aromatic heterocycles. The summed E-state index contributed by atoms with van der Waals surface area (Å²) in [5, 5.41) is 3.96. The molecule has 0 unspecified atom stereocenters. The highest BCUT2D eigenvalue weighted by Gasteiger charge is 2.23. The van der Waals surface area contributed by atoms with Gasteiger partial charge in [-0.25, -0.2) is 4.99 Å². The Morgan fingerprint density at radius 1 is 1.14 bits per heavy atom. The number of amides is 1. The number of halogens is 1. The van der Waals surface area contributed by atoms with Gasteiger partial charge in [-0.15, -0.1) is 0 Å². The third-order valence-electron chi connectivity index (χ3n) is 3.11. The van der Waals surface area contributed by atoms with Crippen LogP contribution < -0.4 is 5.32 Å². The molecular formula is C17H13ClN2OS. The molecular weight excluding hydrogens is 316 g/mol. The van der Waals surface area contributed by atoms with Crippen LogP contribution in [-0.2, 0) is 4.79 Å². The first-order chi connectivity index (χ1) is 10.6. The number of aryl methyl sites for hydroxylation is 1. The van der Waals surface area contributed by atoms with Gasteiger partial charge < -0.3 is 5.32 Å². The van der Waals surface area contributed by atoms with Crippen molar-refractivity contribution >= 4 is 46.2 Å². The lowest BCUT2D eigenvalue weighted by atomic mass is 10.2. The summed E-state index contributed by atoms with van der Waals surface area (Å²) in [5.74, 6) is -0.157. The predicted octanol–water partition coefficient (Wildman–Crippen LogP) is 4.54. The van der Waals surface area contributed by atoms with Gasteiger partial charge in [-0.2, -0.15) is 0 Å². The van der Waals surface area contributed by atoms with Gasteiger partial charge in [0.05, 0.1) is 10.6 Å². The smallest absolute Gasteiger partial charge is 0.264 e. The maximum Gasteiger partial charge on any atom is 0.264 e. The number of aliphatic imine (C=N–C) groups is 1. The number of thioether (sulfide) groups is 1. The lowest BCUT2D eigenvalue weighted by Gasteiger charge is -1.97. The Balaban J connectivity index is 1.84. The molecule has 0 aliphatic carbocycles. The number of carbonyl (C=O) groups excluding carboxylic acids is 1. The summed E-state index contributed by atoms with van der Waals surface area (Å²) in [5.41, 5.74) is 2.80. The maximum absolute atomic E-state index is 12.0. The molecule has 1 amide bonds. The summed E-state index contributed by atoms with van der Waals surface area (Å²) < 4.78 is 0. The van der Waals surface area contributed by atoms with Crippen molar-refractivity contribution in [1.82, 2.24) is 5.32 Å². The molecule has 1 aliphatic rings. The molecule has 0 atom stereocenters. The number of benzene rings is 2. The van der Waals surface area contributed by atoms with E-state index >= 15 is 0 Å². The lowest BCUT2D eigenvalue weighted by molar-refractivity contribution is -0.115. The van der Waals surface area contributed by atoms with E-state index in [2.05, 4.69) is 10.3 Å². The normalized spacial score (nSPS) is 18.0. The number of hydrogen-bond donors (Lipinski definition) is 1. The second kappa shape index (κ2) is 6.38. The van der Waals surface area contributed by atoms with Crippen molar-refractivity contribution in [2.24, 2.45) is 4.99 Å². The molecule has 22 heavy (non-hydrogen) atoms. The van der Waals surface area contributed by atoms with E-state index < -0.39 is 0 Å². The number of rotatable bonds is 2. The third kappa shape index (κ3) is 3.40. The molecule has 0 saturated carbocycles. The van der Waals surface area contributed by atoms with Crippen molar-refractivity contribution in [2.45, 2.75) is 6.92 Å². The number of nitrogens with zero attached hydrogens (tertiary/aromatic N) is 1. The number of nitrogens with one attached hydrogen (secondary N) is 1. The average molecular weight is 329 g/mol. The summed E-state index contributed by atoms with van der Waals surface area (Å²) >= 11 is 7.43. The van der Waals surface area contributed by atoms with Gasteiger partial charge in [-0.05, 0) is 48.5 Å². The van der Waals surface area contributed by atoms with Crippen LogP contribution in [0.5, 0.6) is 0 Å². The first-order valence-electron chi connectivity index (χ1n) is 6.72. The zero-order valence-electron chi connectivity index (χ0n) is 11.8. The van der Waals surface area contributed by atoms with Crippen molar-refractivity contribution in [2.75, 3.05) is 0 Å². The summed E-state index contributed by atoms with van der Waals surface area (Å²) in [6.45, 7) is 2.02. The van der Waals surface area contributed by atoms with Crippen LogP contribution in [0.15, 0.2) is 58.4 Å². The van der Waals surface area contributed by atoms with Gasteiger partial charge in [0.15, 0.2) is 5.17 Å². The van der Waals surface area contributed by atoms with Crippen LogP contribution in [0.25, 0.3) is 6.08 Å². The van der Waals surface area contributed by atoms with Crippen molar-refractivity contribution in [3.8, 4) is 0 Å². The van der Waals surface area contributed by atoms with Crippen LogP contribution in [0.2, 0.25) is 5.02 Å². The molecule has 1 aliphatic heterocycles. The fourth-order valence-electron chi connectivity index (χ4n) is 1.95. The van der Waals surface area contributed by atoms with Gasteiger partial charge in [-0.1, -0.05) is 47.5 Å². The van der Waals surface area contributed by atoms with Gasteiger partial charge in [-0.3, -0.25) is 4.79 Å². The zero-order valence-corrected chi connectivity index (χ0v) is 13.4. The first-order valence-corrected chi connectivity index (χ1v) is 7.92. The molecule has 5 heteroatoms. The minimum Gasteiger partial charge on any atom is -0.300 e. The van der Waals surface area contributed by atoms with Crippen LogP contribution in [0.3, 0.4) is 0 Å². The van der Waals surface area contributed by atoms with Crippen molar-refractivity contribution in [3.05, 3.63) is 69.6 Å². The number of hydrogen-bond acceptors (Lipinski definition) is 3. The van der Waals surface area contributed by atoms with E-state index in [4.69, 9.17) is 11.6 Å². The Kier molecular flexibility index (Phi) is 4.32. The summed E-state index contributed by atoms with van der Waals surface area (Å²) in [6.07, 6.45) is 1.78. The van der Waals surface area contributed by atoms with E-state index in [9.17, 15) is 4.79 Å². The second-order valence-corrected chi connectivity index (χ2v) is 6.28. The first kappa shape index (κ1) is 14.9. The van der Waals surface area contributed by atoms with Crippen LogP contribution in [0, 0.1) is 6.92 Å². The van der Waals surface area contributed by atoms with Gasteiger partial charge in [0.2, 0.25) is 0 Å². The number of carbonyl (C=O) groups is 1. The molecule has 0 bridgehead atoms. The monoisotopic (exact) mass is 328 g/mol. The highest BCUT2D eigenvalue weighted by atomic mass is 35.5. The van der Waals surface area contributed by atoms with E-state index in [0.717, 1.165) is 11.3 Å². The van der Waals surface area contributed by atoms with Crippen LogP contribution in [0.1, 0.15) is 11.1 Å². The van der Waals surface area contributed by atoms with Crippen LogP contribution in [0.4, 0.5) is 5.69 Å². The Bertz CT molecular complexity index is 782. The lowest BCUT2D eigenvalue weighted by Crippen LogP contribution is -2.19. The topological polar surface area (TPSA) is 41.5 Å². The third-order valence-corrected chi connectivity index (χ3v) is 4.36. The molecule has 0 radical (unpaired) electrons. The molecule has 1 fully saturated rings. The Labute approximate surface area is 138 Å². The molecule has 3 nitrogen and oxygen atoms in total. The van der Waals surface area contributed by atoms with Crippen molar-refractivity contribution in [1.29, 1.82) is 0 Å². The van der Waals surface area contributed by atoms with Gasteiger partial charge >= 0.3 is 0 Å². The van der Waals surface area contributed by atoms with E-state index in [1.54, 1.807) is 12.1 Å². The number of amidine groups is 1. The molecule has 1 saturated heterocycles. The average Bonchev–Trinajstić information content (AvgIpc) is 2.84. The molecule has 1 N–H and O–H groups in total. The van der Waals surface area contributed by atoms with E-state index in [-0.39, 0.29) is 5.91 Å². The molecule has 0 spiro atoms. The summed E-state index contributed by atoms with van der Waals surface area (Å²) in [7, 11) is 0. The zero-order chi connectivity index (χ0) is 15.5. The molecule has 3 rings (SSSR count). The minimum atomic E-state index is -0.157. The quantitative estimate of drug-likeness (QED) is 0.822. The molecule has 110 valence electrons. The second-order valence-electron chi connectivity index (χ2n) is 4.84. The Hall–Kier alpha value is -2.04. The molecule has 1 heterocycles. The van der Waals surface area contributed by atoms with Crippen LogP contribution >= 0.6 is 23.4 Å². The van der Waals surface area contributed by atoms with E-state index in [1.165, 1.54) is 17.3 Å². The Morgan fingerprint density at radius 3 is 2.59 bits per heavy atom. The maximum atomic E-state index is 12.0. The molecule has 2 aromatic carbocycles. The fraction of sp³-hybridized carbons (Fsp3) is 0.0588. The predicted molar refractivity (Wildman–Crippen MR) is 93.4 cm³/mol. The highest BCUT2D eigenvalue weighted by molar-refractivity contribution is 8.18. The van der Waals surface area contributed by atoms with Crippen molar-refractivity contribution in [3.63, 3.8) is 0 Å². The van der Waals surface area contributed by atoms with E-state index in [1.807, 2.05) is 49.4 Å². The standard InChI is InChI=1S/C17H13ClN2OS/c1-11-6-8-13(9-7-11)19-17-20-16(21)15(22-17)10-12-4-2-3-5-14(12)18/h2-10H,1H3,(H,19,20,21)/b15-10+. The Morgan fingerprint density at radius 2 is 1.86 bits per heavy atom. The van der Waals surface area contributed by atoms with Gasteiger partial charge in [0.1, 0.15) is 0 Å². The van der Waals surface area contributed by atoms with E-state index in [0.29, 0.717) is 15.1 Å². The minimum absolute atomic E-state index is 0.157. The molecule has 2 aromatic rings. The van der Waals surface area contributed by atoms with Gasteiger partial charge in [0, 0.05) is 5.02 Å². The van der Waals surface area contributed by atoms with Crippen molar-refractivity contribution < 1.29 is 4.79 Å². The SMILES string of the molecule is Cc1ccc(N=C2NC(=O)/C(=C\c3ccccc3Cl)S2)cc1. The summed E-state index contributed by atoms with van der Waals surface area (Å²) in [4.78, 5) is 17.0. The van der Waals surface area contributed by atoms with Crippen LogP contribution in [-0.4, -0.2) is 11.1 Å². The highest BCUT2D eigenvalue weighted by Crippen LogP contribution is 2.29. The summed E-state index contributed by atoms with van der Waals surface area (Å²) in [6, 6.07) is 15.2.